The number of benzene rings is 3. The number of carbonyl (C=O) groups is 2. The van der Waals surface area contributed by atoms with Gasteiger partial charge in [0.1, 0.15) is 6.04 Å². The molecule has 1 aliphatic heterocycles. The first-order valence-corrected chi connectivity index (χ1v) is 12.4. The van der Waals surface area contributed by atoms with Crippen molar-refractivity contribution in [1.29, 1.82) is 0 Å². The molecule has 0 spiro atoms. The minimum absolute atomic E-state index is 0.0751. The summed E-state index contributed by atoms with van der Waals surface area (Å²) in [5.74, 6) is -0.554. The van der Waals surface area contributed by atoms with Gasteiger partial charge in [0.05, 0.1) is 12.6 Å². The summed E-state index contributed by atoms with van der Waals surface area (Å²) in [5, 5.41) is 13.1. The van der Waals surface area contributed by atoms with E-state index < -0.39 is 18.1 Å². The first-order chi connectivity index (χ1) is 16.9. The topological polar surface area (TPSA) is 69.6 Å². The molecule has 35 heavy (non-hydrogen) atoms. The van der Waals surface area contributed by atoms with E-state index in [-0.39, 0.29) is 5.91 Å². The van der Waals surface area contributed by atoms with Crippen molar-refractivity contribution in [3.63, 3.8) is 0 Å². The molecule has 0 radical (unpaired) electrons. The van der Waals surface area contributed by atoms with Crippen molar-refractivity contribution < 1.29 is 14.7 Å². The molecule has 0 aliphatic carbocycles. The molecule has 1 amide bonds. The molecule has 0 fully saturated rings. The summed E-state index contributed by atoms with van der Waals surface area (Å²) in [6.45, 7) is 4.78. The molecule has 0 aromatic heterocycles. The maximum absolute atomic E-state index is 13.8. The fourth-order valence-electron chi connectivity index (χ4n) is 4.70. The van der Waals surface area contributed by atoms with Gasteiger partial charge in [-0.1, -0.05) is 86.6 Å². The van der Waals surface area contributed by atoms with Crippen molar-refractivity contribution in [1.82, 2.24) is 5.32 Å². The summed E-state index contributed by atoms with van der Waals surface area (Å²) in [4.78, 5) is 27.7. The van der Waals surface area contributed by atoms with E-state index in [2.05, 4.69) is 49.5 Å². The Morgan fingerprint density at radius 3 is 2.34 bits per heavy atom. The minimum atomic E-state index is -0.925. The molecule has 182 valence electrons. The predicted octanol–water partition coefficient (Wildman–Crippen LogP) is 5.33. The Kier molecular flexibility index (Phi) is 7.98. The van der Waals surface area contributed by atoms with Crippen molar-refractivity contribution in [3.05, 3.63) is 101 Å². The molecule has 3 aromatic rings. The number of rotatable bonds is 9. The molecule has 1 heterocycles. The van der Waals surface area contributed by atoms with E-state index in [4.69, 9.17) is 0 Å². The Balaban J connectivity index is 1.54. The zero-order chi connectivity index (χ0) is 24.8. The Bertz CT molecular complexity index is 1140. The van der Waals surface area contributed by atoms with E-state index in [1.807, 2.05) is 53.4 Å². The molecule has 5 heteroatoms. The fraction of sp³-hybridized carbons (Fsp3) is 0.333. The van der Waals surface area contributed by atoms with Crippen LogP contribution in [0.2, 0.25) is 0 Å². The lowest BCUT2D eigenvalue weighted by molar-refractivity contribution is -0.140. The number of hydrogen-bond donors (Lipinski definition) is 2. The number of carboxylic acids is 1. The number of carboxylic acid groups (broad SMARTS) is 1. The zero-order valence-corrected chi connectivity index (χ0v) is 20.5. The van der Waals surface area contributed by atoms with Crippen LogP contribution in [-0.4, -0.2) is 29.1 Å². The number of aryl methyl sites for hydroxylation is 2. The SMILES string of the molecule is CC(C)c1ccc(CN2C(=O)C(N[C@@H](CCc3ccccc3)C(=O)O)CCc3ccccc32)cc1. The molecule has 4 rings (SSSR count). The van der Waals surface area contributed by atoms with Gasteiger partial charge in [0, 0.05) is 5.69 Å². The van der Waals surface area contributed by atoms with Crippen LogP contribution < -0.4 is 10.2 Å². The van der Waals surface area contributed by atoms with E-state index in [9.17, 15) is 14.7 Å². The zero-order valence-electron chi connectivity index (χ0n) is 20.5. The van der Waals surface area contributed by atoms with E-state index in [1.165, 1.54) is 5.56 Å². The molecule has 1 aliphatic rings. The van der Waals surface area contributed by atoms with Gasteiger partial charge >= 0.3 is 5.97 Å². The lowest BCUT2D eigenvalue weighted by atomic mass is 10.0. The highest BCUT2D eigenvalue weighted by Gasteiger charge is 2.33. The van der Waals surface area contributed by atoms with Crippen LogP contribution in [0.1, 0.15) is 54.9 Å². The molecule has 5 nitrogen and oxygen atoms in total. The van der Waals surface area contributed by atoms with Gasteiger partial charge in [-0.2, -0.15) is 0 Å². The van der Waals surface area contributed by atoms with E-state index in [1.54, 1.807) is 0 Å². The van der Waals surface area contributed by atoms with Crippen molar-refractivity contribution in [2.45, 2.75) is 64.1 Å². The van der Waals surface area contributed by atoms with Gasteiger partial charge in [0.25, 0.3) is 0 Å². The Hall–Kier alpha value is -3.44. The number of nitrogens with zero attached hydrogens (tertiary/aromatic N) is 1. The number of anilines is 1. The smallest absolute Gasteiger partial charge is 0.320 e. The monoisotopic (exact) mass is 470 g/mol. The minimum Gasteiger partial charge on any atom is -0.480 e. The summed E-state index contributed by atoms with van der Waals surface area (Å²) < 4.78 is 0. The fourth-order valence-corrected chi connectivity index (χ4v) is 4.70. The summed E-state index contributed by atoms with van der Waals surface area (Å²) in [5.41, 5.74) is 5.42. The number of amides is 1. The predicted molar refractivity (Wildman–Crippen MR) is 140 cm³/mol. The summed E-state index contributed by atoms with van der Waals surface area (Å²) in [7, 11) is 0. The highest BCUT2D eigenvalue weighted by atomic mass is 16.4. The lowest BCUT2D eigenvalue weighted by Gasteiger charge is -2.28. The maximum atomic E-state index is 13.8. The van der Waals surface area contributed by atoms with Crippen LogP contribution in [0.4, 0.5) is 5.69 Å². The van der Waals surface area contributed by atoms with Crippen LogP contribution in [0, 0.1) is 0 Å². The molecule has 2 N–H and O–H groups in total. The van der Waals surface area contributed by atoms with Gasteiger partial charge in [0.2, 0.25) is 5.91 Å². The van der Waals surface area contributed by atoms with Gasteiger partial charge < -0.3 is 10.0 Å². The van der Waals surface area contributed by atoms with Crippen molar-refractivity contribution >= 4 is 17.6 Å². The van der Waals surface area contributed by atoms with Crippen LogP contribution in [0.3, 0.4) is 0 Å². The third-order valence-corrected chi connectivity index (χ3v) is 6.80. The van der Waals surface area contributed by atoms with Crippen molar-refractivity contribution in [3.8, 4) is 0 Å². The average molecular weight is 471 g/mol. The summed E-state index contributed by atoms with van der Waals surface area (Å²) in [6.07, 6.45) is 2.34. The normalized spacial score (nSPS) is 16.6. The Labute approximate surface area is 207 Å². The van der Waals surface area contributed by atoms with Crippen LogP contribution in [-0.2, 0) is 29.0 Å². The Morgan fingerprint density at radius 1 is 0.971 bits per heavy atom. The molecule has 2 atom stereocenters. The third-order valence-electron chi connectivity index (χ3n) is 6.80. The van der Waals surface area contributed by atoms with Crippen LogP contribution in [0.15, 0.2) is 78.9 Å². The van der Waals surface area contributed by atoms with Gasteiger partial charge in [0.15, 0.2) is 0 Å². The number of fused-ring (bicyclic) bond motifs is 1. The molecular formula is C30H34N2O3. The highest BCUT2D eigenvalue weighted by molar-refractivity contribution is 5.98. The second kappa shape index (κ2) is 11.3. The van der Waals surface area contributed by atoms with Crippen molar-refractivity contribution in [2.24, 2.45) is 0 Å². The van der Waals surface area contributed by atoms with Gasteiger partial charge in [-0.25, -0.2) is 0 Å². The summed E-state index contributed by atoms with van der Waals surface area (Å²) >= 11 is 0. The van der Waals surface area contributed by atoms with Crippen LogP contribution in [0.25, 0.3) is 0 Å². The molecular weight excluding hydrogens is 436 g/mol. The largest absolute Gasteiger partial charge is 0.480 e. The van der Waals surface area contributed by atoms with Crippen LogP contribution >= 0.6 is 0 Å². The lowest BCUT2D eigenvalue weighted by Crippen LogP contribution is -2.51. The molecule has 3 aromatic carbocycles. The molecule has 1 unspecified atom stereocenters. The highest BCUT2D eigenvalue weighted by Crippen LogP contribution is 2.29. The third kappa shape index (κ3) is 6.17. The van der Waals surface area contributed by atoms with E-state index >= 15 is 0 Å². The van der Waals surface area contributed by atoms with E-state index in [0.29, 0.717) is 38.1 Å². The Morgan fingerprint density at radius 2 is 1.66 bits per heavy atom. The maximum Gasteiger partial charge on any atom is 0.320 e. The average Bonchev–Trinajstić information content (AvgIpc) is 2.99. The quantitative estimate of drug-likeness (QED) is 0.443. The van der Waals surface area contributed by atoms with Gasteiger partial charge in [-0.15, -0.1) is 0 Å². The number of aliphatic carboxylic acids is 1. The number of para-hydroxylation sites is 1. The molecule has 0 bridgehead atoms. The number of carbonyl (C=O) groups excluding carboxylic acids is 1. The number of nitrogens with one attached hydrogen (secondary N) is 1. The second-order valence-corrected chi connectivity index (χ2v) is 9.62. The molecule has 0 saturated carbocycles. The standard InChI is InChI=1S/C30H34N2O3/c1-21(2)24-15-12-23(13-16-24)20-32-28-11-7-6-10-25(28)17-19-26(29(32)33)31-27(30(34)35)18-14-22-8-4-3-5-9-22/h3-13,15-16,21,26-27,31H,14,17-20H2,1-2H3,(H,34,35)/t26?,27-/m0/s1. The van der Waals surface area contributed by atoms with Gasteiger partial charge in [-0.05, 0) is 59.9 Å². The van der Waals surface area contributed by atoms with Gasteiger partial charge in [-0.3, -0.25) is 14.9 Å². The number of hydrogen-bond acceptors (Lipinski definition) is 3. The van der Waals surface area contributed by atoms with Crippen molar-refractivity contribution in [2.75, 3.05) is 4.90 Å². The van der Waals surface area contributed by atoms with E-state index in [0.717, 1.165) is 22.4 Å². The first-order valence-electron chi connectivity index (χ1n) is 12.4. The molecule has 0 saturated heterocycles. The first kappa shape index (κ1) is 24.7. The summed E-state index contributed by atoms with van der Waals surface area (Å²) in [6, 6.07) is 24.9. The second-order valence-electron chi connectivity index (χ2n) is 9.62. The van der Waals surface area contributed by atoms with Crippen LogP contribution in [0.5, 0.6) is 0 Å².